The third-order valence-corrected chi connectivity index (χ3v) is 4.61. The van der Waals surface area contributed by atoms with E-state index in [2.05, 4.69) is 34.6 Å². The fourth-order valence-corrected chi connectivity index (χ4v) is 3.19. The fourth-order valence-electron chi connectivity index (χ4n) is 3.19. The molecule has 2 N–H and O–H groups in total. The Labute approximate surface area is 156 Å². The van der Waals surface area contributed by atoms with Gasteiger partial charge in [-0.1, -0.05) is 12.1 Å². The van der Waals surface area contributed by atoms with Crippen molar-refractivity contribution in [1.29, 1.82) is 0 Å². The zero-order valence-electron chi connectivity index (χ0n) is 14.0. The molecule has 1 amide bonds. The molecule has 2 saturated heterocycles. The Morgan fingerprint density at radius 3 is 2.75 bits per heavy atom. The van der Waals surface area contributed by atoms with Crippen molar-refractivity contribution in [3.63, 3.8) is 0 Å². The van der Waals surface area contributed by atoms with Gasteiger partial charge in [0.2, 0.25) is 5.91 Å². The molecule has 0 radical (unpaired) electrons. The maximum Gasteiger partial charge on any atom is 0.241 e. The van der Waals surface area contributed by atoms with Gasteiger partial charge >= 0.3 is 0 Å². The number of anilines is 1. The van der Waals surface area contributed by atoms with E-state index in [1.165, 1.54) is 5.56 Å². The van der Waals surface area contributed by atoms with Crippen LogP contribution >= 0.6 is 24.8 Å². The van der Waals surface area contributed by atoms with Crippen LogP contribution in [0.3, 0.4) is 0 Å². The lowest BCUT2D eigenvalue weighted by Crippen LogP contribution is -2.38. The van der Waals surface area contributed by atoms with Gasteiger partial charge in [-0.2, -0.15) is 0 Å². The van der Waals surface area contributed by atoms with E-state index in [9.17, 15) is 4.79 Å². The number of benzene rings is 1. The molecule has 1 aromatic rings. The summed E-state index contributed by atoms with van der Waals surface area (Å²) >= 11 is 0. The first-order valence-corrected chi connectivity index (χ1v) is 8.20. The van der Waals surface area contributed by atoms with Gasteiger partial charge in [0, 0.05) is 24.8 Å². The number of ether oxygens (including phenoxy) is 1. The average Bonchev–Trinajstić information content (AvgIpc) is 3.10. The number of amides is 1. The first kappa shape index (κ1) is 21.2. The van der Waals surface area contributed by atoms with Gasteiger partial charge in [-0.25, -0.2) is 0 Å². The zero-order chi connectivity index (χ0) is 15.4. The van der Waals surface area contributed by atoms with Crippen molar-refractivity contribution in [2.24, 2.45) is 0 Å². The van der Waals surface area contributed by atoms with E-state index in [0.29, 0.717) is 6.04 Å². The van der Waals surface area contributed by atoms with Gasteiger partial charge in [0.25, 0.3) is 0 Å². The summed E-state index contributed by atoms with van der Waals surface area (Å²) in [5, 5.41) is 6.27. The predicted molar refractivity (Wildman–Crippen MR) is 101 cm³/mol. The SMILES string of the molecule is CC(c1cccc(NC(=O)C2CCCN2)c1)N1CCOCC1.Cl.Cl. The molecule has 2 aliphatic rings. The van der Waals surface area contributed by atoms with Gasteiger partial charge in [-0.3, -0.25) is 9.69 Å². The molecule has 5 nitrogen and oxygen atoms in total. The summed E-state index contributed by atoms with van der Waals surface area (Å²) in [6.45, 7) is 6.67. The average molecular weight is 376 g/mol. The van der Waals surface area contributed by atoms with Crippen LogP contribution in [0.25, 0.3) is 0 Å². The second-order valence-corrected chi connectivity index (χ2v) is 6.09. The minimum Gasteiger partial charge on any atom is -0.379 e. The van der Waals surface area contributed by atoms with E-state index in [1.807, 2.05) is 12.1 Å². The highest BCUT2D eigenvalue weighted by molar-refractivity contribution is 5.95. The van der Waals surface area contributed by atoms with Crippen LogP contribution in [0.2, 0.25) is 0 Å². The molecule has 2 heterocycles. The van der Waals surface area contributed by atoms with Gasteiger partial charge < -0.3 is 15.4 Å². The minimum atomic E-state index is -0.0414. The normalized spacial score (nSPS) is 22.1. The lowest BCUT2D eigenvalue weighted by Gasteiger charge is -2.32. The summed E-state index contributed by atoms with van der Waals surface area (Å²) in [7, 11) is 0. The van der Waals surface area contributed by atoms with Crippen LogP contribution in [0.4, 0.5) is 5.69 Å². The number of nitrogens with one attached hydrogen (secondary N) is 2. The van der Waals surface area contributed by atoms with Crippen molar-refractivity contribution < 1.29 is 9.53 Å². The second-order valence-electron chi connectivity index (χ2n) is 6.09. The van der Waals surface area contributed by atoms with Gasteiger partial charge in [-0.15, -0.1) is 24.8 Å². The summed E-state index contributed by atoms with van der Waals surface area (Å²) in [4.78, 5) is 14.6. The molecular weight excluding hydrogens is 349 g/mol. The van der Waals surface area contributed by atoms with E-state index >= 15 is 0 Å². The third-order valence-electron chi connectivity index (χ3n) is 4.61. The Morgan fingerprint density at radius 2 is 2.08 bits per heavy atom. The Morgan fingerprint density at radius 1 is 1.33 bits per heavy atom. The van der Waals surface area contributed by atoms with E-state index in [1.54, 1.807) is 0 Å². The minimum absolute atomic E-state index is 0. The van der Waals surface area contributed by atoms with E-state index in [0.717, 1.165) is 51.4 Å². The molecule has 2 fully saturated rings. The van der Waals surface area contributed by atoms with E-state index in [-0.39, 0.29) is 36.8 Å². The van der Waals surface area contributed by atoms with Gasteiger partial charge in [0.15, 0.2) is 0 Å². The maximum atomic E-state index is 12.2. The predicted octanol–water partition coefficient (Wildman–Crippen LogP) is 2.61. The Hall–Kier alpha value is -0.850. The van der Waals surface area contributed by atoms with Crippen LogP contribution in [-0.2, 0) is 9.53 Å². The van der Waals surface area contributed by atoms with Crippen LogP contribution in [0.1, 0.15) is 31.4 Å². The highest BCUT2D eigenvalue weighted by Gasteiger charge is 2.22. The van der Waals surface area contributed by atoms with Crippen LogP contribution < -0.4 is 10.6 Å². The first-order valence-electron chi connectivity index (χ1n) is 8.20. The molecule has 1 aromatic carbocycles. The number of rotatable bonds is 4. The second kappa shape index (κ2) is 10.2. The highest BCUT2D eigenvalue weighted by atomic mass is 35.5. The standard InChI is InChI=1S/C17H25N3O2.2ClH/c1-13(20-8-10-22-11-9-20)14-4-2-5-15(12-14)19-17(21)16-6-3-7-18-16;;/h2,4-5,12-13,16,18H,3,6-11H2,1H3,(H,19,21);2*1H. The lowest BCUT2D eigenvalue weighted by atomic mass is 10.1. The highest BCUT2D eigenvalue weighted by Crippen LogP contribution is 2.24. The van der Waals surface area contributed by atoms with Gasteiger partial charge in [-0.05, 0) is 44.0 Å². The van der Waals surface area contributed by atoms with Crippen LogP contribution in [-0.4, -0.2) is 49.7 Å². The molecule has 2 atom stereocenters. The molecule has 0 saturated carbocycles. The summed E-state index contributed by atoms with van der Waals surface area (Å²) in [6, 6.07) is 8.49. The molecule has 24 heavy (non-hydrogen) atoms. The molecule has 136 valence electrons. The van der Waals surface area contributed by atoms with Crippen molar-refractivity contribution in [3.05, 3.63) is 29.8 Å². The molecule has 0 bridgehead atoms. The molecule has 2 unspecified atom stereocenters. The van der Waals surface area contributed by atoms with Crippen molar-refractivity contribution in [1.82, 2.24) is 10.2 Å². The van der Waals surface area contributed by atoms with Crippen molar-refractivity contribution in [3.8, 4) is 0 Å². The molecular formula is C17H27Cl2N3O2. The Kier molecular flexibility index (Phi) is 9.02. The third kappa shape index (κ3) is 5.33. The van der Waals surface area contributed by atoms with E-state index < -0.39 is 0 Å². The smallest absolute Gasteiger partial charge is 0.241 e. The number of morpholine rings is 1. The van der Waals surface area contributed by atoms with E-state index in [4.69, 9.17) is 4.74 Å². The maximum absolute atomic E-state index is 12.2. The zero-order valence-corrected chi connectivity index (χ0v) is 15.6. The van der Waals surface area contributed by atoms with Crippen molar-refractivity contribution in [2.75, 3.05) is 38.2 Å². The topological polar surface area (TPSA) is 53.6 Å². The fraction of sp³-hybridized carbons (Fsp3) is 0.588. The van der Waals surface area contributed by atoms with Crippen LogP contribution in [0, 0.1) is 0 Å². The molecule has 0 aromatic heterocycles. The number of hydrogen-bond acceptors (Lipinski definition) is 4. The lowest BCUT2D eigenvalue weighted by molar-refractivity contribution is -0.117. The number of carbonyl (C=O) groups excluding carboxylic acids is 1. The number of halogens is 2. The molecule has 0 spiro atoms. The summed E-state index contributed by atoms with van der Waals surface area (Å²) in [5.41, 5.74) is 2.12. The summed E-state index contributed by atoms with van der Waals surface area (Å²) in [6.07, 6.45) is 2.00. The molecule has 3 rings (SSSR count). The monoisotopic (exact) mass is 375 g/mol. The van der Waals surface area contributed by atoms with Gasteiger partial charge in [0.1, 0.15) is 0 Å². The van der Waals surface area contributed by atoms with Crippen LogP contribution in [0.15, 0.2) is 24.3 Å². The Bertz CT molecular complexity index is 518. The number of carbonyl (C=O) groups is 1. The summed E-state index contributed by atoms with van der Waals surface area (Å²) < 4.78 is 5.41. The molecule has 0 aliphatic carbocycles. The first-order chi connectivity index (χ1) is 10.7. The quantitative estimate of drug-likeness (QED) is 0.848. The number of nitrogens with zero attached hydrogens (tertiary/aromatic N) is 1. The Balaban J connectivity index is 0.00000144. The van der Waals surface area contributed by atoms with Crippen molar-refractivity contribution >= 4 is 36.4 Å². The van der Waals surface area contributed by atoms with Gasteiger partial charge in [0.05, 0.1) is 19.3 Å². The molecule has 2 aliphatic heterocycles. The largest absolute Gasteiger partial charge is 0.379 e. The summed E-state index contributed by atoms with van der Waals surface area (Å²) in [5.74, 6) is 0.0775. The molecule has 7 heteroatoms. The van der Waals surface area contributed by atoms with Crippen LogP contribution in [0.5, 0.6) is 0 Å². The van der Waals surface area contributed by atoms with Crippen molar-refractivity contribution in [2.45, 2.75) is 31.8 Å². The number of hydrogen-bond donors (Lipinski definition) is 2.